The van der Waals surface area contributed by atoms with Crippen LogP contribution in [-0.2, 0) is 4.79 Å². The summed E-state index contributed by atoms with van der Waals surface area (Å²) in [7, 11) is 0. The highest BCUT2D eigenvalue weighted by atomic mass is 32.2. The van der Waals surface area contributed by atoms with Gasteiger partial charge in [-0.2, -0.15) is 11.8 Å². The first-order valence-electron chi connectivity index (χ1n) is 5.37. The summed E-state index contributed by atoms with van der Waals surface area (Å²) in [5.74, 6) is 2.07. The molecule has 0 aliphatic carbocycles. The van der Waals surface area contributed by atoms with E-state index >= 15 is 0 Å². The predicted molar refractivity (Wildman–Crippen MR) is 63.0 cm³/mol. The summed E-state index contributed by atoms with van der Waals surface area (Å²) in [4.78, 5) is 11.8. The summed E-state index contributed by atoms with van der Waals surface area (Å²) in [5.41, 5.74) is 0. The van der Waals surface area contributed by atoms with Crippen molar-refractivity contribution in [2.75, 3.05) is 24.7 Å². The minimum atomic E-state index is -0.0721. The van der Waals surface area contributed by atoms with Crippen LogP contribution < -0.4 is 10.6 Å². The van der Waals surface area contributed by atoms with E-state index in [9.17, 15) is 4.79 Å². The van der Waals surface area contributed by atoms with Crippen molar-refractivity contribution in [2.24, 2.45) is 5.92 Å². The lowest BCUT2D eigenvalue weighted by Gasteiger charge is -2.26. The highest BCUT2D eigenvalue weighted by Crippen LogP contribution is 2.08. The van der Waals surface area contributed by atoms with Crippen molar-refractivity contribution in [3.8, 4) is 0 Å². The molecule has 3 N–H and O–H groups in total. The molecule has 4 nitrogen and oxygen atoms in total. The van der Waals surface area contributed by atoms with E-state index in [0.717, 1.165) is 18.1 Å². The molecule has 1 fully saturated rings. The Labute approximate surface area is 95.2 Å². The topological polar surface area (TPSA) is 61.4 Å². The minimum Gasteiger partial charge on any atom is -0.396 e. The minimum absolute atomic E-state index is 0.0243. The zero-order chi connectivity index (χ0) is 11.3. The van der Waals surface area contributed by atoms with Gasteiger partial charge in [0.05, 0.1) is 6.04 Å². The summed E-state index contributed by atoms with van der Waals surface area (Å²) in [6.45, 7) is 4.85. The number of hydrogen-bond donors (Lipinski definition) is 3. The largest absolute Gasteiger partial charge is 0.396 e. The molecular weight excluding hydrogens is 212 g/mol. The second kappa shape index (κ2) is 6.35. The summed E-state index contributed by atoms with van der Waals surface area (Å²) in [6, 6.07) is -0.0479. The van der Waals surface area contributed by atoms with E-state index in [1.807, 2.05) is 13.8 Å². The molecule has 3 atom stereocenters. The van der Waals surface area contributed by atoms with Crippen LogP contribution in [0.15, 0.2) is 0 Å². The number of nitrogens with one attached hydrogen (secondary N) is 2. The summed E-state index contributed by atoms with van der Waals surface area (Å²) < 4.78 is 0. The Morgan fingerprint density at radius 3 is 2.93 bits per heavy atom. The van der Waals surface area contributed by atoms with Gasteiger partial charge in [0.15, 0.2) is 0 Å². The molecule has 1 rings (SSSR count). The summed E-state index contributed by atoms with van der Waals surface area (Å²) >= 11 is 1.80. The third kappa shape index (κ3) is 4.01. The quantitative estimate of drug-likeness (QED) is 0.629. The second-order valence-corrected chi connectivity index (χ2v) is 5.19. The average Bonchev–Trinajstić information content (AvgIpc) is 2.29. The lowest BCUT2D eigenvalue weighted by atomic mass is 10.0. The van der Waals surface area contributed by atoms with E-state index in [2.05, 4.69) is 10.6 Å². The molecule has 0 aromatic carbocycles. The van der Waals surface area contributed by atoms with Crippen LogP contribution in [0.3, 0.4) is 0 Å². The van der Waals surface area contributed by atoms with Crippen LogP contribution in [0.1, 0.15) is 13.8 Å². The van der Waals surface area contributed by atoms with Crippen molar-refractivity contribution in [3.05, 3.63) is 0 Å². The van der Waals surface area contributed by atoms with Crippen LogP contribution in [-0.4, -0.2) is 47.8 Å². The van der Waals surface area contributed by atoms with Crippen molar-refractivity contribution in [2.45, 2.75) is 25.9 Å². The molecule has 5 heteroatoms. The molecule has 1 saturated heterocycles. The van der Waals surface area contributed by atoms with Crippen LogP contribution in [0.4, 0.5) is 0 Å². The molecule has 0 bridgehead atoms. The maximum atomic E-state index is 11.8. The highest BCUT2D eigenvalue weighted by Gasteiger charge is 2.23. The molecule has 0 aromatic rings. The van der Waals surface area contributed by atoms with Crippen molar-refractivity contribution >= 4 is 17.7 Å². The molecule has 1 heterocycles. The van der Waals surface area contributed by atoms with Gasteiger partial charge in [-0.3, -0.25) is 4.79 Å². The van der Waals surface area contributed by atoms with Crippen molar-refractivity contribution in [1.82, 2.24) is 10.6 Å². The molecule has 0 radical (unpaired) electrons. The van der Waals surface area contributed by atoms with Gasteiger partial charge in [0.25, 0.3) is 0 Å². The number of carbonyl (C=O) groups is 1. The number of aliphatic hydroxyl groups excluding tert-OH is 1. The van der Waals surface area contributed by atoms with Crippen molar-refractivity contribution < 1.29 is 9.90 Å². The van der Waals surface area contributed by atoms with E-state index in [-0.39, 0.29) is 30.5 Å². The second-order valence-electron chi connectivity index (χ2n) is 4.04. The molecule has 15 heavy (non-hydrogen) atoms. The van der Waals surface area contributed by atoms with Gasteiger partial charge in [-0.15, -0.1) is 0 Å². The van der Waals surface area contributed by atoms with Gasteiger partial charge in [0.1, 0.15) is 0 Å². The van der Waals surface area contributed by atoms with Gasteiger partial charge in [0, 0.05) is 30.7 Å². The predicted octanol–water partition coefficient (Wildman–Crippen LogP) is -0.175. The zero-order valence-electron chi connectivity index (χ0n) is 9.32. The monoisotopic (exact) mass is 232 g/mol. The van der Waals surface area contributed by atoms with Gasteiger partial charge in [-0.25, -0.2) is 0 Å². The van der Waals surface area contributed by atoms with Crippen LogP contribution in [0.25, 0.3) is 0 Å². The molecule has 88 valence electrons. The number of rotatable bonds is 4. The zero-order valence-corrected chi connectivity index (χ0v) is 10.1. The molecule has 3 unspecified atom stereocenters. The Morgan fingerprint density at radius 2 is 2.40 bits per heavy atom. The molecular formula is C10H20N2O2S. The first kappa shape index (κ1) is 12.8. The lowest BCUT2D eigenvalue weighted by Crippen LogP contribution is -2.52. The van der Waals surface area contributed by atoms with Gasteiger partial charge >= 0.3 is 0 Å². The van der Waals surface area contributed by atoms with E-state index in [1.165, 1.54) is 0 Å². The van der Waals surface area contributed by atoms with Crippen LogP contribution in [0, 0.1) is 5.92 Å². The third-order valence-corrected chi connectivity index (χ3v) is 3.81. The van der Waals surface area contributed by atoms with Crippen LogP contribution in [0.2, 0.25) is 0 Å². The number of amides is 1. The Morgan fingerprint density at radius 1 is 1.67 bits per heavy atom. The fourth-order valence-electron chi connectivity index (χ4n) is 1.36. The van der Waals surface area contributed by atoms with Gasteiger partial charge in [0.2, 0.25) is 5.91 Å². The Kier molecular flexibility index (Phi) is 5.42. The first-order chi connectivity index (χ1) is 7.15. The average molecular weight is 232 g/mol. The van der Waals surface area contributed by atoms with E-state index < -0.39 is 0 Å². The van der Waals surface area contributed by atoms with Crippen LogP contribution >= 0.6 is 11.8 Å². The molecule has 1 aliphatic heterocycles. The SMILES string of the molecule is CC(CO)C(C)NC(=O)C1CSCCN1. The smallest absolute Gasteiger partial charge is 0.238 e. The number of thioether (sulfide) groups is 1. The standard InChI is InChI=1S/C10H20N2O2S/c1-7(5-13)8(2)12-10(14)9-6-15-4-3-11-9/h7-9,11,13H,3-6H2,1-2H3,(H,12,14). The maximum absolute atomic E-state index is 11.8. The Hall–Kier alpha value is -0.260. The number of hydrogen-bond acceptors (Lipinski definition) is 4. The third-order valence-electron chi connectivity index (χ3n) is 2.75. The highest BCUT2D eigenvalue weighted by molar-refractivity contribution is 7.99. The van der Waals surface area contributed by atoms with E-state index in [1.54, 1.807) is 11.8 Å². The van der Waals surface area contributed by atoms with Crippen molar-refractivity contribution in [1.29, 1.82) is 0 Å². The summed E-state index contributed by atoms with van der Waals surface area (Å²) in [5, 5.41) is 15.1. The van der Waals surface area contributed by atoms with E-state index in [4.69, 9.17) is 5.11 Å². The summed E-state index contributed by atoms with van der Waals surface area (Å²) in [6.07, 6.45) is 0. The normalized spacial score (nSPS) is 25.7. The molecule has 0 spiro atoms. The van der Waals surface area contributed by atoms with Crippen molar-refractivity contribution in [3.63, 3.8) is 0 Å². The Bertz CT molecular complexity index is 208. The van der Waals surface area contributed by atoms with Gasteiger partial charge in [-0.1, -0.05) is 6.92 Å². The maximum Gasteiger partial charge on any atom is 0.238 e. The first-order valence-corrected chi connectivity index (χ1v) is 6.53. The van der Waals surface area contributed by atoms with Gasteiger partial charge in [-0.05, 0) is 12.8 Å². The fraction of sp³-hybridized carbons (Fsp3) is 0.900. The molecule has 1 aliphatic rings. The lowest BCUT2D eigenvalue weighted by molar-refractivity contribution is -0.123. The molecule has 0 aromatic heterocycles. The van der Waals surface area contributed by atoms with Crippen LogP contribution in [0.5, 0.6) is 0 Å². The number of carbonyl (C=O) groups excluding carboxylic acids is 1. The molecule has 1 amide bonds. The van der Waals surface area contributed by atoms with Gasteiger partial charge < -0.3 is 15.7 Å². The fourth-order valence-corrected chi connectivity index (χ4v) is 2.29. The molecule has 0 saturated carbocycles. The van der Waals surface area contributed by atoms with E-state index in [0.29, 0.717) is 0 Å². The Balaban J connectivity index is 2.33. The number of aliphatic hydroxyl groups is 1.